The first-order chi connectivity index (χ1) is 11.6. The summed E-state index contributed by atoms with van der Waals surface area (Å²) < 4.78 is 4.18. The zero-order valence-electron chi connectivity index (χ0n) is 13.8. The Morgan fingerprint density at radius 1 is 1.29 bits per heavy atom. The minimum Gasteiger partial charge on any atom is -0.338 e. The highest BCUT2D eigenvalue weighted by molar-refractivity contribution is 5.82. The molecule has 0 bridgehead atoms. The van der Waals surface area contributed by atoms with Crippen molar-refractivity contribution in [1.29, 1.82) is 0 Å². The minimum absolute atomic E-state index is 0.166. The van der Waals surface area contributed by atoms with Crippen LogP contribution in [-0.2, 0) is 11.3 Å². The average molecular weight is 321 g/mol. The van der Waals surface area contributed by atoms with Crippen molar-refractivity contribution in [2.75, 3.05) is 7.05 Å². The monoisotopic (exact) mass is 321 g/mol. The topological polar surface area (TPSA) is 55.4 Å². The van der Waals surface area contributed by atoms with Crippen LogP contribution in [0, 0.1) is 0 Å². The molecule has 3 aromatic heterocycles. The van der Waals surface area contributed by atoms with Crippen molar-refractivity contribution in [2.45, 2.75) is 38.3 Å². The first-order valence-corrected chi connectivity index (χ1v) is 8.41. The third-order valence-corrected chi connectivity index (χ3v) is 5.18. The summed E-state index contributed by atoms with van der Waals surface area (Å²) in [7, 11) is 1.87. The second kappa shape index (κ2) is 4.69. The van der Waals surface area contributed by atoms with E-state index < -0.39 is 0 Å². The molecule has 6 heteroatoms. The van der Waals surface area contributed by atoms with Crippen LogP contribution in [0.5, 0.6) is 0 Å². The predicted molar refractivity (Wildman–Crippen MR) is 89.6 cm³/mol. The number of nitrogens with zero attached hydrogens (tertiary/aromatic N) is 5. The Labute approximate surface area is 139 Å². The Balaban J connectivity index is 1.73. The van der Waals surface area contributed by atoms with E-state index in [0.717, 1.165) is 28.3 Å². The van der Waals surface area contributed by atoms with Crippen molar-refractivity contribution < 1.29 is 4.79 Å². The number of rotatable bonds is 2. The van der Waals surface area contributed by atoms with Gasteiger partial charge < -0.3 is 13.9 Å². The lowest BCUT2D eigenvalue weighted by Crippen LogP contribution is -2.39. The summed E-state index contributed by atoms with van der Waals surface area (Å²) >= 11 is 0. The highest BCUT2D eigenvalue weighted by Gasteiger charge is 2.38. The second-order valence-electron chi connectivity index (χ2n) is 6.92. The molecule has 3 aromatic rings. The third-order valence-electron chi connectivity index (χ3n) is 5.18. The van der Waals surface area contributed by atoms with Crippen LogP contribution in [0.2, 0.25) is 0 Å². The molecule has 1 fully saturated rings. The predicted octanol–water partition coefficient (Wildman–Crippen LogP) is 2.61. The number of carbonyl (C=O) groups is 1. The zero-order chi connectivity index (χ0) is 16.4. The molecule has 0 radical (unpaired) electrons. The number of aromatic nitrogens is 4. The highest BCUT2D eigenvalue weighted by Crippen LogP contribution is 2.44. The van der Waals surface area contributed by atoms with Crippen LogP contribution in [-0.4, -0.2) is 36.8 Å². The van der Waals surface area contributed by atoms with Crippen molar-refractivity contribution >= 4 is 11.4 Å². The van der Waals surface area contributed by atoms with E-state index in [1.54, 1.807) is 11.2 Å². The van der Waals surface area contributed by atoms with Crippen molar-refractivity contribution in [2.24, 2.45) is 0 Å². The smallest absolute Gasteiger partial charge is 0.245 e. The fourth-order valence-electron chi connectivity index (χ4n) is 3.73. The first-order valence-electron chi connectivity index (χ1n) is 8.41. The van der Waals surface area contributed by atoms with Gasteiger partial charge >= 0.3 is 0 Å². The van der Waals surface area contributed by atoms with Crippen molar-refractivity contribution in [1.82, 2.24) is 23.8 Å². The van der Waals surface area contributed by atoms with Crippen LogP contribution in [0.15, 0.2) is 30.9 Å². The van der Waals surface area contributed by atoms with Gasteiger partial charge in [-0.2, -0.15) is 0 Å². The molecule has 1 saturated carbocycles. The molecule has 1 atom stereocenters. The number of amides is 1. The lowest BCUT2D eigenvalue weighted by Gasteiger charge is -2.31. The van der Waals surface area contributed by atoms with Crippen LogP contribution in [0.1, 0.15) is 43.2 Å². The number of carbonyl (C=O) groups excluding carboxylic acids is 1. The maximum atomic E-state index is 12.4. The molecular weight excluding hydrogens is 302 g/mol. The van der Waals surface area contributed by atoms with Gasteiger partial charge in [0.1, 0.15) is 11.9 Å². The van der Waals surface area contributed by atoms with Crippen LogP contribution in [0.25, 0.3) is 16.8 Å². The molecule has 5 rings (SSSR count). The molecule has 0 spiro atoms. The number of likely N-dealkylation sites (N-methyl/N-ethyl adjacent to an activating group) is 1. The Morgan fingerprint density at radius 3 is 2.92 bits per heavy atom. The fraction of sp³-hybridized carbons (Fsp3) is 0.389. The van der Waals surface area contributed by atoms with Crippen LogP contribution in [0.4, 0.5) is 0 Å². The van der Waals surface area contributed by atoms with Crippen LogP contribution >= 0.6 is 0 Å². The van der Waals surface area contributed by atoms with E-state index in [9.17, 15) is 4.79 Å². The average Bonchev–Trinajstić information content (AvgIpc) is 3.19. The SMILES string of the molecule is CC1C(=O)N(C)Cc2c(-c3ccn4cncc4c3)nc(C3CC3)n21. The maximum Gasteiger partial charge on any atom is 0.245 e. The van der Waals surface area contributed by atoms with E-state index in [4.69, 9.17) is 4.98 Å². The summed E-state index contributed by atoms with van der Waals surface area (Å²) in [6.07, 6.45) is 8.02. The molecule has 1 aliphatic carbocycles. The third kappa shape index (κ3) is 1.85. The Kier molecular flexibility index (Phi) is 2.69. The van der Waals surface area contributed by atoms with Gasteiger partial charge in [0.05, 0.1) is 36.0 Å². The second-order valence-corrected chi connectivity index (χ2v) is 6.92. The molecule has 0 saturated heterocycles. The van der Waals surface area contributed by atoms with E-state index >= 15 is 0 Å². The van der Waals surface area contributed by atoms with Crippen molar-refractivity contribution in [3.05, 3.63) is 42.4 Å². The molecule has 0 N–H and O–H groups in total. The van der Waals surface area contributed by atoms with E-state index in [2.05, 4.69) is 21.7 Å². The fourth-order valence-corrected chi connectivity index (χ4v) is 3.73. The Bertz CT molecular complexity index is 965. The number of imidazole rings is 2. The van der Waals surface area contributed by atoms with Gasteiger partial charge in [0.25, 0.3) is 0 Å². The quantitative estimate of drug-likeness (QED) is 0.729. The summed E-state index contributed by atoms with van der Waals surface area (Å²) in [6.45, 7) is 2.60. The van der Waals surface area contributed by atoms with E-state index in [1.807, 2.05) is 30.8 Å². The van der Waals surface area contributed by atoms with Crippen LogP contribution < -0.4 is 0 Å². The van der Waals surface area contributed by atoms with Gasteiger partial charge in [0, 0.05) is 24.7 Å². The van der Waals surface area contributed by atoms with Gasteiger partial charge in [0.15, 0.2) is 0 Å². The van der Waals surface area contributed by atoms with E-state index in [1.165, 1.54) is 12.8 Å². The van der Waals surface area contributed by atoms with E-state index in [-0.39, 0.29) is 11.9 Å². The van der Waals surface area contributed by atoms with Crippen molar-refractivity contribution in [3.63, 3.8) is 0 Å². The van der Waals surface area contributed by atoms with Gasteiger partial charge in [0.2, 0.25) is 5.91 Å². The molecule has 1 amide bonds. The lowest BCUT2D eigenvalue weighted by molar-refractivity contribution is -0.135. The number of pyridine rings is 1. The highest BCUT2D eigenvalue weighted by atomic mass is 16.2. The number of hydrogen-bond acceptors (Lipinski definition) is 3. The Morgan fingerprint density at radius 2 is 2.12 bits per heavy atom. The summed E-state index contributed by atoms with van der Waals surface area (Å²) in [4.78, 5) is 23.4. The van der Waals surface area contributed by atoms with Crippen molar-refractivity contribution in [3.8, 4) is 11.3 Å². The summed E-state index contributed by atoms with van der Waals surface area (Å²) in [5.74, 6) is 1.76. The zero-order valence-corrected chi connectivity index (χ0v) is 13.8. The normalized spacial score (nSPS) is 20.7. The lowest BCUT2D eigenvalue weighted by atomic mass is 10.1. The standard InChI is InChI=1S/C18H19N5O/c1-11-18(24)21(2)9-15-16(20-17(23(11)15)12-3-4-12)13-5-6-22-10-19-8-14(22)7-13/h5-8,10-12H,3-4,9H2,1-2H3. The molecule has 122 valence electrons. The van der Waals surface area contributed by atoms with Gasteiger partial charge in [-0.3, -0.25) is 4.79 Å². The molecule has 0 aromatic carbocycles. The molecule has 4 heterocycles. The Hall–Kier alpha value is -2.63. The molecular formula is C18H19N5O. The molecule has 1 aliphatic heterocycles. The minimum atomic E-state index is -0.172. The van der Waals surface area contributed by atoms with Gasteiger partial charge in [-0.15, -0.1) is 0 Å². The summed E-state index contributed by atoms with van der Waals surface area (Å²) in [6, 6.07) is 4.03. The molecule has 1 unspecified atom stereocenters. The van der Waals surface area contributed by atoms with Gasteiger partial charge in [-0.05, 0) is 31.9 Å². The van der Waals surface area contributed by atoms with Gasteiger partial charge in [-0.25, -0.2) is 9.97 Å². The molecule has 2 aliphatic rings. The summed E-state index contributed by atoms with van der Waals surface area (Å²) in [5.41, 5.74) is 4.30. The number of hydrogen-bond donors (Lipinski definition) is 0. The number of fused-ring (bicyclic) bond motifs is 2. The first kappa shape index (κ1) is 13.8. The van der Waals surface area contributed by atoms with Crippen LogP contribution in [0.3, 0.4) is 0 Å². The molecule has 6 nitrogen and oxygen atoms in total. The molecule has 24 heavy (non-hydrogen) atoms. The largest absolute Gasteiger partial charge is 0.338 e. The van der Waals surface area contributed by atoms with Gasteiger partial charge in [-0.1, -0.05) is 0 Å². The summed E-state index contributed by atoms with van der Waals surface area (Å²) in [5, 5.41) is 0. The maximum absolute atomic E-state index is 12.4. The van der Waals surface area contributed by atoms with E-state index in [0.29, 0.717) is 12.5 Å².